The lowest BCUT2D eigenvalue weighted by Crippen LogP contribution is -2.45. The van der Waals surface area contributed by atoms with Gasteiger partial charge in [0, 0.05) is 25.7 Å². The third-order valence-electron chi connectivity index (χ3n) is 4.03. The van der Waals surface area contributed by atoms with E-state index in [9.17, 15) is 9.59 Å². The van der Waals surface area contributed by atoms with E-state index >= 15 is 0 Å². The molecule has 0 bridgehead atoms. The van der Waals surface area contributed by atoms with E-state index in [0.29, 0.717) is 19.0 Å². The van der Waals surface area contributed by atoms with Gasteiger partial charge in [0.15, 0.2) is 5.15 Å². The highest BCUT2D eigenvalue weighted by molar-refractivity contribution is 6.29. The number of piperidine rings is 1. The monoisotopic (exact) mass is 311 g/mol. The minimum Gasteiger partial charge on any atom is -0.356 e. The van der Waals surface area contributed by atoms with Gasteiger partial charge < -0.3 is 14.7 Å². The molecule has 1 atom stereocenters. The maximum absolute atomic E-state index is 12.3. The standard InChI is InChI=1S/C14H18ClN3O3/c15-12-6-11(21-17-12)14(20)18-5-1-2-10(8-18)13(19)16-7-9-3-4-9/h6,9-10H,1-5,7-8H2,(H,16,19). The number of hydrogen-bond donors (Lipinski definition) is 1. The molecule has 7 heteroatoms. The highest BCUT2D eigenvalue weighted by Gasteiger charge is 2.31. The van der Waals surface area contributed by atoms with Gasteiger partial charge in [0.25, 0.3) is 5.91 Å². The van der Waals surface area contributed by atoms with Crippen LogP contribution in [0.25, 0.3) is 0 Å². The first kappa shape index (κ1) is 14.4. The second-order valence-electron chi connectivity index (χ2n) is 5.79. The Balaban J connectivity index is 1.56. The predicted molar refractivity (Wildman–Crippen MR) is 75.9 cm³/mol. The van der Waals surface area contributed by atoms with Crippen molar-refractivity contribution < 1.29 is 14.1 Å². The van der Waals surface area contributed by atoms with Gasteiger partial charge in [-0.2, -0.15) is 0 Å². The van der Waals surface area contributed by atoms with Crippen molar-refractivity contribution in [2.75, 3.05) is 19.6 Å². The van der Waals surface area contributed by atoms with Gasteiger partial charge in [-0.3, -0.25) is 9.59 Å². The molecule has 1 aliphatic heterocycles. The molecule has 1 N–H and O–H groups in total. The number of hydrogen-bond acceptors (Lipinski definition) is 4. The van der Waals surface area contributed by atoms with Crippen molar-refractivity contribution in [2.45, 2.75) is 25.7 Å². The number of amides is 2. The van der Waals surface area contributed by atoms with Crippen molar-refractivity contribution in [3.8, 4) is 0 Å². The van der Waals surface area contributed by atoms with Gasteiger partial charge in [0.2, 0.25) is 11.7 Å². The summed E-state index contributed by atoms with van der Waals surface area (Å²) in [7, 11) is 0. The molecule has 0 aromatic carbocycles. The highest BCUT2D eigenvalue weighted by Crippen LogP contribution is 2.28. The van der Waals surface area contributed by atoms with E-state index in [1.54, 1.807) is 4.90 Å². The van der Waals surface area contributed by atoms with Crippen LogP contribution in [0.2, 0.25) is 5.15 Å². The number of aromatic nitrogens is 1. The second-order valence-corrected chi connectivity index (χ2v) is 6.18. The molecule has 2 heterocycles. The molecule has 2 aliphatic rings. The van der Waals surface area contributed by atoms with Gasteiger partial charge in [-0.1, -0.05) is 16.8 Å². The van der Waals surface area contributed by atoms with Gasteiger partial charge in [-0.15, -0.1) is 0 Å². The predicted octanol–water partition coefficient (Wildman–Crippen LogP) is 1.71. The minimum absolute atomic E-state index is 0.0509. The van der Waals surface area contributed by atoms with Gasteiger partial charge in [-0.05, 0) is 31.6 Å². The Kier molecular flexibility index (Phi) is 4.14. The lowest BCUT2D eigenvalue weighted by molar-refractivity contribution is -0.126. The summed E-state index contributed by atoms with van der Waals surface area (Å²) >= 11 is 5.66. The minimum atomic E-state index is -0.255. The maximum Gasteiger partial charge on any atom is 0.292 e. The largest absolute Gasteiger partial charge is 0.356 e. The number of carbonyl (C=O) groups is 2. The molecule has 1 aromatic rings. The Morgan fingerprint density at radius 1 is 1.43 bits per heavy atom. The SMILES string of the molecule is O=C(NCC1CC1)C1CCCN(C(=O)c2cc(Cl)no2)C1. The molecule has 1 unspecified atom stereocenters. The molecular weight excluding hydrogens is 294 g/mol. The Labute approximate surface area is 127 Å². The van der Waals surface area contributed by atoms with E-state index in [4.69, 9.17) is 16.1 Å². The third kappa shape index (κ3) is 3.56. The van der Waals surface area contributed by atoms with Crippen LogP contribution in [0.1, 0.15) is 36.2 Å². The number of likely N-dealkylation sites (tertiary alicyclic amines) is 1. The second kappa shape index (κ2) is 6.05. The number of carbonyl (C=O) groups excluding carboxylic acids is 2. The Hall–Kier alpha value is -1.56. The Morgan fingerprint density at radius 3 is 2.90 bits per heavy atom. The van der Waals surface area contributed by atoms with Crippen LogP contribution in [0.3, 0.4) is 0 Å². The first-order chi connectivity index (χ1) is 10.1. The van der Waals surface area contributed by atoms with Crippen LogP contribution in [-0.2, 0) is 4.79 Å². The van der Waals surface area contributed by atoms with Crippen LogP contribution >= 0.6 is 11.6 Å². The normalized spacial score (nSPS) is 22.1. The molecule has 114 valence electrons. The van der Waals surface area contributed by atoms with Crippen molar-refractivity contribution >= 4 is 23.4 Å². The van der Waals surface area contributed by atoms with Crippen molar-refractivity contribution in [1.82, 2.24) is 15.4 Å². The number of rotatable bonds is 4. The average molecular weight is 312 g/mol. The van der Waals surface area contributed by atoms with Gasteiger partial charge >= 0.3 is 0 Å². The fourth-order valence-corrected chi connectivity index (χ4v) is 2.73. The lowest BCUT2D eigenvalue weighted by atomic mass is 9.97. The highest BCUT2D eigenvalue weighted by atomic mass is 35.5. The van der Waals surface area contributed by atoms with E-state index in [2.05, 4.69) is 10.5 Å². The summed E-state index contributed by atoms with van der Waals surface area (Å²) in [5.74, 6) is 0.439. The average Bonchev–Trinajstić information content (AvgIpc) is 3.24. The molecule has 0 spiro atoms. The summed E-state index contributed by atoms with van der Waals surface area (Å²) in [6.45, 7) is 1.82. The Bertz CT molecular complexity index is 541. The van der Waals surface area contributed by atoms with E-state index in [0.717, 1.165) is 19.4 Å². The van der Waals surface area contributed by atoms with Crippen LogP contribution in [-0.4, -0.2) is 41.5 Å². The van der Waals surface area contributed by atoms with E-state index < -0.39 is 0 Å². The van der Waals surface area contributed by atoms with Crippen molar-refractivity contribution in [3.63, 3.8) is 0 Å². The summed E-state index contributed by atoms with van der Waals surface area (Å²) < 4.78 is 4.89. The molecule has 1 aliphatic carbocycles. The van der Waals surface area contributed by atoms with Crippen molar-refractivity contribution in [1.29, 1.82) is 0 Å². The summed E-state index contributed by atoms with van der Waals surface area (Å²) in [6, 6.07) is 1.40. The zero-order valence-electron chi connectivity index (χ0n) is 11.7. The summed E-state index contributed by atoms with van der Waals surface area (Å²) in [5, 5.41) is 6.65. The van der Waals surface area contributed by atoms with Crippen LogP contribution in [0.4, 0.5) is 0 Å². The fourth-order valence-electron chi connectivity index (χ4n) is 2.60. The molecule has 1 saturated carbocycles. The van der Waals surface area contributed by atoms with Crippen LogP contribution in [0.5, 0.6) is 0 Å². The number of halogens is 1. The molecule has 1 aromatic heterocycles. The number of nitrogens with zero attached hydrogens (tertiary/aromatic N) is 2. The number of nitrogens with one attached hydrogen (secondary N) is 1. The van der Waals surface area contributed by atoms with E-state index in [1.165, 1.54) is 18.9 Å². The molecular formula is C14H18ClN3O3. The molecule has 3 rings (SSSR count). The summed E-state index contributed by atoms with van der Waals surface area (Å²) in [5.41, 5.74) is 0. The molecule has 2 amide bonds. The van der Waals surface area contributed by atoms with Crippen LogP contribution in [0, 0.1) is 11.8 Å². The zero-order valence-corrected chi connectivity index (χ0v) is 12.4. The summed E-state index contributed by atoms with van der Waals surface area (Å²) in [4.78, 5) is 26.0. The molecule has 1 saturated heterocycles. The van der Waals surface area contributed by atoms with Crippen molar-refractivity contribution in [3.05, 3.63) is 17.0 Å². The fraction of sp³-hybridized carbons (Fsp3) is 0.643. The van der Waals surface area contributed by atoms with Gasteiger partial charge in [0.05, 0.1) is 5.92 Å². The lowest BCUT2D eigenvalue weighted by Gasteiger charge is -2.31. The quantitative estimate of drug-likeness (QED) is 0.918. The smallest absolute Gasteiger partial charge is 0.292 e. The molecule has 2 fully saturated rings. The van der Waals surface area contributed by atoms with E-state index in [1.807, 2.05) is 0 Å². The molecule has 6 nitrogen and oxygen atoms in total. The van der Waals surface area contributed by atoms with Crippen LogP contribution in [0.15, 0.2) is 10.6 Å². The first-order valence-electron chi connectivity index (χ1n) is 7.32. The molecule has 0 radical (unpaired) electrons. The Morgan fingerprint density at radius 2 is 2.24 bits per heavy atom. The topological polar surface area (TPSA) is 75.4 Å². The maximum atomic E-state index is 12.3. The van der Waals surface area contributed by atoms with Crippen LogP contribution < -0.4 is 5.32 Å². The van der Waals surface area contributed by atoms with E-state index in [-0.39, 0.29) is 28.6 Å². The zero-order chi connectivity index (χ0) is 14.8. The molecule has 21 heavy (non-hydrogen) atoms. The summed E-state index contributed by atoms with van der Waals surface area (Å²) in [6.07, 6.45) is 4.05. The van der Waals surface area contributed by atoms with Gasteiger partial charge in [-0.25, -0.2) is 0 Å². The third-order valence-corrected chi connectivity index (χ3v) is 4.21. The first-order valence-corrected chi connectivity index (χ1v) is 7.70. The van der Waals surface area contributed by atoms with Crippen molar-refractivity contribution in [2.24, 2.45) is 11.8 Å². The van der Waals surface area contributed by atoms with Gasteiger partial charge in [0.1, 0.15) is 0 Å².